The second-order valence-electron chi connectivity index (χ2n) is 7.52. The van der Waals surface area contributed by atoms with Crippen molar-refractivity contribution in [3.05, 3.63) is 65.6 Å². The average molecular weight is 482 g/mol. The molecule has 3 rings (SSSR count). The van der Waals surface area contributed by atoms with Crippen molar-refractivity contribution >= 4 is 33.5 Å². The Bertz CT molecular complexity index is 1080. The number of anilines is 1. The van der Waals surface area contributed by atoms with Gasteiger partial charge in [0.2, 0.25) is 5.82 Å². The number of benzene rings is 1. The minimum atomic E-state index is -0.748. The van der Waals surface area contributed by atoms with Crippen LogP contribution in [0.1, 0.15) is 30.5 Å². The number of pyridine rings is 1. The molecular formula is C20H21BrFN3O5. The summed E-state index contributed by atoms with van der Waals surface area (Å²) in [4.78, 5) is 37.9. The van der Waals surface area contributed by atoms with Crippen LogP contribution >= 0.6 is 15.9 Å². The second kappa shape index (κ2) is 8.55. The first-order valence-corrected chi connectivity index (χ1v) is 10.2. The molecule has 0 saturated carbocycles. The van der Waals surface area contributed by atoms with Gasteiger partial charge in [-0.15, -0.1) is 0 Å². The standard InChI is InChI=1S/C20H21BrFN3O5/c1-11(2)10-30-20(27)24-7-6-23-18(24)17(25(28)29)15(12(3)19(23)26)8-13-4-5-14(21)9-16(13)22/h4-5,9,11H,6-8,10H2,1-3H3. The monoisotopic (exact) mass is 481 g/mol. The molecule has 0 aliphatic carbocycles. The van der Waals surface area contributed by atoms with Gasteiger partial charge in [0.15, 0.2) is 0 Å². The Hall–Kier alpha value is -2.75. The number of ether oxygens (including phenoxy) is 1. The summed E-state index contributed by atoms with van der Waals surface area (Å²) in [5, 5.41) is 12.0. The molecule has 1 aromatic heterocycles. The van der Waals surface area contributed by atoms with Gasteiger partial charge in [-0.3, -0.25) is 24.4 Å². The molecule has 160 valence electrons. The summed E-state index contributed by atoms with van der Waals surface area (Å²) < 4.78 is 21.4. The summed E-state index contributed by atoms with van der Waals surface area (Å²) in [7, 11) is 0. The first-order valence-electron chi connectivity index (χ1n) is 9.40. The number of hydrogen-bond acceptors (Lipinski definition) is 5. The molecule has 1 aliphatic rings. The number of halogens is 2. The highest BCUT2D eigenvalue weighted by Gasteiger charge is 2.38. The predicted molar refractivity (Wildman–Crippen MR) is 113 cm³/mol. The van der Waals surface area contributed by atoms with Crippen LogP contribution in [-0.4, -0.2) is 28.7 Å². The van der Waals surface area contributed by atoms with Crippen molar-refractivity contribution in [3.63, 3.8) is 0 Å². The van der Waals surface area contributed by atoms with E-state index in [1.54, 1.807) is 6.07 Å². The third-order valence-corrected chi connectivity index (χ3v) is 5.39. The molecule has 10 heteroatoms. The molecular weight excluding hydrogens is 461 g/mol. The van der Waals surface area contributed by atoms with Crippen molar-refractivity contribution in [2.75, 3.05) is 18.1 Å². The number of fused-ring (bicyclic) bond motifs is 1. The van der Waals surface area contributed by atoms with Crippen LogP contribution in [-0.2, 0) is 17.7 Å². The molecule has 0 N–H and O–H groups in total. The number of carbonyl (C=O) groups excluding carboxylic acids is 1. The molecule has 0 fully saturated rings. The van der Waals surface area contributed by atoms with Crippen LogP contribution in [0.25, 0.3) is 0 Å². The maximum atomic E-state index is 14.4. The minimum Gasteiger partial charge on any atom is -0.449 e. The fourth-order valence-corrected chi connectivity index (χ4v) is 3.75. The summed E-state index contributed by atoms with van der Waals surface area (Å²) in [5.41, 5.74) is -0.373. The molecule has 30 heavy (non-hydrogen) atoms. The van der Waals surface area contributed by atoms with Crippen LogP contribution in [0.5, 0.6) is 0 Å². The lowest BCUT2D eigenvalue weighted by molar-refractivity contribution is -0.385. The maximum absolute atomic E-state index is 14.4. The number of aromatic nitrogens is 1. The van der Waals surface area contributed by atoms with Crippen LogP contribution in [0.4, 0.5) is 20.7 Å². The van der Waals surface area contributed by atoms with Crippen molar-refractivity contribution in [2.45, 2.75) is 33.7 Å². The van der Waals surface area contributed by atoms with E-state index in [4.69, 9.17) is 4.74 Å². The topological polar surface area (TPSA) is 94.7 Å². The van der Waals surface area contributed by atoms with Gasteiger partial charge in [0, 0.05) is 35.1 Å². The predicted octanol–water partition coefficient (Wildman–Crippen LogP) is 4.17. The number of nitrogens with zero attached hydrogens (tertiary/aromatic N) is 3. The van der Waals surface area contributed by atoms with Gasteiger partial charge in [-0.1, -0.05) is 35.8 Å². The van der Waals surface area contributed by atoms with E-state index >= 15 is 0 Å². The van der Waals surface area contributed by atoms with Crippen LogP contribution in [0.2, 0.25) is 0 Å². The van der Waals surface area contributed by atoms with Crippen molar-refractivity contribution < 1.29 is 18.8 Å². The molecule has 0 unspecified atom stereocenters. The first kappa shape index (κ1) is 21.9. The van der Waals surface area contributed by atoms with E-state index < -0.39 is 22.4 Å². The zero-order chi connectivity index (χ0) is 22.2. The Labute approximate surface area is 180 Å². The quantitative estimate of drug-likeness (QED) is 0.471. The molecule has 1 aromatic carbocycles. The average Bonchev–Trinajstić information content (AvgIpc) is 3.10. The fraction of sp³-hybridized carbons (Fsp3) is 0.400. The third-order valence-electron chi connectivity index (χ3n) is 4.90. The van der Waals surface area contributed by atoms with Crippen LogP contribution in [0.15, 0.2) is 27.5 Å². The molecule has 2 aromatic rings. The molecule has 0 bridgehead atoms. The van der Waals surface area contributed by atoms with E-state index in [0.29, 0.717) is 4.47 Å². The van der Waals surface area contributed by atoms with Gasteiger partial charge in [-0.05, 0) is 30.5 Å². The fourth-order valence-electron chi connectivity index (χ4n) is 3.41. The summed E-state index contributed by atoms with van der Waals surface area (Å²) in [6.07, 6.45) is -0.902. The van der Waals surface area contributed by atoms with Gasteiger partial charge in [0.05, 0.1) is 11.5 Å². The van der Waals surface area contributed by atoms with E-state index in [-0.39, 0.29) is 60.2 Å². The lowest BCUT2D eigenvalue weighted by atomic mass is 9.99. The number of carbonyl (C=O) groups is 1. The first-order chi connectivity index (χ1) is 14.1. The third kappa shape index (κ3) is 4.09. The largest absolute Gasteiger partial charge is 0.449 e. The molecule has 0 atom stereocenters. The van der Waals surface area contributed by atoms with Gasteiger partial charge in [-0.25, -0.2) is 9.18 Å². The minimum absolute atomic E-state index is 0.0843. The summed E-state index contributed by atoms with van der Waals surface area (Å²) in [6, 6.07) is 4.38. The Morgan fingerprint density at radius 1 is 1.37 bits per heavy atom. The molecule has 1 amide bonds. The lowest BCUT2D eigenvalue weighted by Gasteiger charge is -2.19. The van der Waals surface area contributed by atoms with E-state index in [1.807, 2.05) is 13.8 Å². The van der Waals surface area contributed by atoms with Gasteiger partial charge in [0.25, 0.3) is 5.56 Å². The van der Waals surface area contributed by atoms with Gasteiger partial charge < -0.3 is 4.74 Å². The molecule has 2 heterocycles. The molecule has 8 nitrogen and oxygen atoms in total. The molecule has 1 aliphatic heterocycles. The highest BCUT2D eigenvalue weighted by atomic mass is 79.9. The van der Waals surface area contributed by atoms with E-state index in [0.717, 1.165) is 4.90 Å². The maximum Gasteiger partial charge on any atom is 0.415 e. The summed E-state index contributed by atoms with van der Waals surface area (Å²) in [6.45, 7) is 5.57. The van der Waals surface area contributed by atoms with Gasteiger partial charge in [0.1, 0.15) is 5.82 Å². The lowest BCUT2D eigenvalue weighted by Crippen LogP contribution is -2.32. The van der Waals surface area contributed by atoms with Crippen molar-refractivity contribution in [3.8, 4) is 0 Å². The highest BCUT2D eigenvalue weighted by Crippen LogP contribution is 2.37. The van der Waals surface area contributed by atoms with Crippen LogP contribution in [0.3, 0.4) is 0 Å². The summed E-state index contributed by atoms with van der Waals surface area (Å²) in [5.74, 6) is -0.577. The van der Waals surface area contributed by atoms with E-state index in [9.17, 15) is 24.1 Å². The van der Waals surface area contributed by atoms with Gasteiger partial charge in [-0.2, -0.15) is 0 Å². The van der Waals surface area contributed by atoms with Crippen molar-refractivity contribution in [2.24, 2.45) is 5.92 Å². The number of amides is 1. The SMILES string of the molecule is Cc1c(Cc2ccc(Br)cc2F)c([N+](=O)[O-])c2n(c1=O)CCN2C(=O)OCC(C)C. The normalized spacial score (nSPS) is 12.9. The zero-order valence-electron chi connectivity index (χ0n) is 16.8. The summed E-state index contributed by atoms with van der Waals surface area (Å²) >= 11 is 3.18. The smallest absolute Gasteiger partial charge is 0.415 e. The number of nitro groups is 1. The molecule has 0 spiro atoms. The Morgan fingerprint density at radius 2 is 2.07 bits per heavy atom. The Kier molecular flexibility index (Phi) is 6.25. The second-order valence-corrected chi connectivity index (χ2v) is 8.44. The zero-order valence-corrected chi connectivity index (χ0v) is 18.4. The highest BCUT2D eigenvalue weighted by molar-refractivity contribution is 9.10. The number of hydrogen-bond donors (Lipinski definition) is 0. The van der Waals surface area contributed by atoms with E-state index in [2.05, 4.69) is 15.9 Å². The van der Waals surface area contributed by atoms with Crippen LogP contribution < -0.4 is 10.5 Å². The molecule has 0 saturated heterocycles. The Balaban J connectivity index is 2.14. The van der Waals surface area contributed by atoms with Gasteiger partial charge >= 0.3 is 11.8 Å². The Morgan fingerprint density at radius 3 is 2.67 bits per heavy atom. The van der Waals surface area contributed by atoms with Crippen molar-refractivity contribution in [1.82, 2.24) is 4.57 Å². The van der Waals surface area contributed by atoms with Crippen molar-refractivity contribution in [1.29, 1.82) is 0 Å². The van der Waals surface area contributed by atoms with E-state index in [1.165, 1.54) is 23.6 Å². The number of rotatable bonds is 5. The molecule has 0 radical (unpaired) electrons. The van der Waals surface area contributed by atoms with Crippen LogP contribution in [0, 0.1) is 28.8 Å².